The standard InChI is InChI=1S/C10H9BrN2O4S2/c1-5-6(11)3-9(18-5)7-4-8(10(14)17-2)13-19(15,16)12-7/h3-4,13H,1-2H3. The number of carbonyl (C=O) groups is 1. The van der Waals surface area contributed by atoms with Crippen LogP contribution in [0.15, 0.2) is 26.7 Å². The quantitative estimate of drug-likeness (QED) is 0.806. The van der Waals surface area contributed by atoms with E-state index < -0.39 is 16.2 Å². The summed E-state index contributed by atoms with van der Waals surface area (Å²) in [6.07, 6.45) is 1.35. The lowest BCUT2D eigenvalue weighted by Crippen LogP contribution is -2.31. The molecule has 19 heavy (non-hydrogen) atoms. The third-order valence-corrected chi connectivity index (χ3v) is 5.33. The van der Waals surface area contributed by atoms with Crippen molar-refractivity contribution in [2.45, 2.75) is 6.92 Å². The van der Waals surface area contributed by atoms with Crippen molar-refractivity contribution in [3.8, 4) is 0 Å². The van der Waals surface area contributed by atoms with Crippen LogP contribution >= 0.6 is 27.3 Å². The highest BCUT2D eigenvalue weighted by Gasteiger charge is 2.24. The number of ether oxygens (including phenoxy) is 1. The topological polar surface area (TPSA) is 84.8 Å². The van der Waals surface area contributed by atoms with E-state index in [0.29, 0.717) is 4.88 Å². The van der Waals surface area contributed by atoms with Crippen LogP contribution in [0.3, 0.4) is 0 Å². The molecule has 102 valence electrons. The van der Waals surface area contributed by atoms with Gasteiger partial charge in [0.1, 0.15) is 5.70 Å². The van der Waals surface area contributed by atoms with E-state index in [1.165, 1.54) is 24.5 Å². The molecule has 1 aliphatic rings. The van der Waals surface area contributed by atoms with Crippen molar-refractivity contribution in [1.82, 2.24) is 4.72 Å². The molecule has 0 unspecified atom stereocenters. The fraction of sp³-hybridized carbons (Fsp3) is 0.200. The Balaban J connectivity index is 2.51. The van der Waals surface area contributed by atoms with Crippen molar-refractivity contribution in [3.05, 3.63) is 32.1 Å². The molecule has 0 spiro atoms. The Morgan fingerprint density at radius 2 is 2.21 bits per heavy atom. The SMILES string of the molecule is COC(=O)C1=CC(c2cc(Br)c(C)s2)=NS(=O)(=O)N1. The number of halogens is 1. The number of rotatable bonds is 2. The summed E-state index contributed by atoms with van der Waals surface area (Å²) in [5.41, 5.74) is 0.0487. The van der Waals surface area contributed by atoms with Crippen molar-refractivity contribution in [1.29, 1.82) is 0 Å². The number of nitrogens with one attached hydrogen (secondary N) is 1. The van der Waals surface area contributed by atoms with E-state index in [9.17, 15) is 13.2 Å². The van der Waals surface area contributed by atoms with E-state index in [0.717, 1.165) is 9.35 Å². The fourth-order valence-corrected chi connectivity index (χ4v) is 3.83. The lowest BCUT2D eigenvalue weighted by molar-refractivity contribution is -0.136. The second-order valence-electron chi connectivity index (χ2n) is 3.62. The van der Waals surface area contributed by atoms with Gasteiger partial charge >= 0.3 is 16.2 Å². The summed E-state index contributed by atoms with van der Waals surface area (Å²) in [6.45, 7) is 1.89. The molecule has 2 rings (SSSR count). The third kappa shape index (κ3) is 3.04. The van der Waals surface area contributed by atoms with Crippen molar-refractivity contribution in [2.24, 2.45) is 4.40 Å². The predicted octanol–water partition coefficient (Wildman–Crippen LogP) is 1.51. The van der Waals surface area contributed by atoms with Gasteiger partial charge in [-0.1, -0.05) is 0 Å². The molecule has 0 bridgehead atoms. The van der Waals surface area contributed by atoms with E-state index in [2.05, 4.69) is 25.1 Å². The Kier molecular flexibility index (Phi) is 3.79. The van der Waals surface area contributed by atoms with Gasteiger partial charge in [-0.05, 0) is 35.0 Å². The zero-order valence-electron chi connectivity index (χ0n) is 9.93. The zero-order valence-corrected chi connectivity index (χ0v) is 13.1. The Bertz CT molecular complexity index is 684. The normalized spacial score (nSPS) is 17.2. The Hall–Kier alpha value is -1.19. The average molecular weight is 365 g/mol. The second-order valence-corrected chi connectivity index (χ2v) is 7.07. The summed E-state index contributed by atoms with van der Waals surface area (Å²) in [4.78, 5) is 13.1. The molecule has 6 nitrogen and oxygen atoms in total. The molecule has 0 saturated carbocycles. The Morgan fingerprint density at radius 3 is 2.74 bits per heavy atom. The minimum absolute atomic E-state index is 0.158. The van der Waals surface area contributed by atoms with Crippen LogP contribution in [0.5, 0.6) is 0 Å². The molecule has 0 saturated heterocycles. The van der Waals surface area contributed by atoms with E-state index in [1.807, 2.05) is 11.6 Å². The first-order valence-corrected chi connectivity index (χ1v) is 8.06. The monoisotopic (exact) mass is 364 g/mol. The van der Waals surface area contributed by atoms with Crippen molar-refractivity contribution < 1.29 is 17.9 Å². The molecular weight excluding hydrogens is 356 g/mol. The summed E-state index contributed by atoms with van der Waals surface area (Å²) in [5, 5.41) is 0. The average Bonchev–Trinajstić information content (AvgIpc) is 2.66. The van der Waals surface area contributed by atoms with E-state index in [4.69, 9.17) is 0 Å². The number of hydrogen-bond acceptors (Lipinski definition) is 5. The minimum Gasteiger partial charge on any atom is -0.464 e. The van der Waals surface area contributed by atoms with Crippen LogP contribution in [-0.2, 0) is 19.7 Å². The van der Waals surface area contributed by atoms with Gasteiger partial charge in [-0.3, -0.25) is 4.72 Å². The van der Waals surface area contributed by atoms with Crippen LogP contribution in [0.4, 0.5) is 0 Å². The highest BCUT2D eigenvalue weighted by atomic mass is 79.9. The van der Waals surface area contributed by atoms with Gasteiger partial charge < -0.3 is 4.74 Å². The molecule has 0 radical (unpaired) electrons. The van der Waals surface area contributed by atoms with Gasteiger partial charge in [-0.25, -0.2) is 4.79 Å². The van der Waals surface area contributed by atoms with Crippen LogP contribution < -0.4 is 4.72 Å². The fourth-order valence-electron chi connectivity index (χ4n) is 1.40. The largest absolute Gasteiger partial charge is 0.464 e. The minimum atomic E-state index is -3.93. The lowest BCUT2D eigenvalue weighted by atomic mass is 10.2. The first-order chi connectivity index (χ1) is 8.82. The van der Waals surface area contributed by atoms with Gasteiger partial charge in [-0.15, -0.1) is 15.7 Å². The molecule has 0 amide bonds. The van der Waals surface area contributed by atoms with E-state index in [1.54, 1.807) is 6.07 Å². The van der Waals surface area contributed by atoms with Gasteiger partial charge in [-0.2, -0.15) is 8.42 Å². The van der Waals surface area contributed by atoms with Gasteiger partial charge in [0, 0.05) is 9.35 Å². The Morgan fingerprint density at radius 1 is 1.53 bits per heavy atom. The van der Waals surface area contributed by atoms with Gasteiger partial charge in [0.05, 0.1) is 17.7 Å². The number of carbonyl (C=O) groups excluding carboxylic acids is 1. The van der Waals surface area contributed by atoms with E-state index in [-0.39, 0.29) is 11.4 Å². The number of nitrogens with zero attached hydrogens (tertiary/aromatic N) is 1. The first-order valence-electron chi connectivity index (χ1n) is 5.01. The van der Waals surface area contributed by atoms with Crippen LogP contribution in [0.1, 0.15) is 9.75 Å². The van der Waals surface area contributed by atoms with Crippen LogP contribution in [0, 0.1) is 6.92 Å². The molecule has 1 aromatic heterocycles. The molecule has 0 atom stereocenters. The number of thiophene rings is 1. The lowest BCUT2D eigenvalue weighted by Gasteiger charge is -2.12. The number of allylic oxidation sites excluding steroid dienone is 1. The summed E-state index contributed by atoms with van der Waals surface area (Å²) in [7, 11) is -2.75. The Labute approximate surface area is 122 Å². The molecule has 0 aromatic carbocycles. The highest BCUT2D eigenvalue weighted by molar-refractivity contribution is 9.10. The maximum absolute atomic E-state index is 11.6. The number of aryl methyl sites for hydroxylation is 1. The number of hydrogen-bond donors (Lipinski definition) is 1. The van der Waals surface area contributed by atoms with E-state index >= 15 is 0 Å². The smallest absolute Gasteiger partial charge is 0.355 e. The second kappa shape index (κ2) is 5.06. The van der Waals surface area contributed by atoms with Gasteiger partial charge in [0.2, 0.25) is 0 Å². The van der Waals surface area contributed by atoms with Crippen LogP contribution in [0.25, 0.3) is 0 Å². The number of methoxy groups -OCH3 is 1. The molecule has 1 N–H and O–H groups in total. The van der Waals surface area contributed by atoms with Gasteiger partial charge in [0.15, 0.2) is 0 Å². The third-order valence-electron chi connectivity index (χ3n) is 2.25. The zero-order chi connectivity index (χ0) is 14.2. The van der Waals surface area contributed by atoms with Crippen molar-refractivity contribution in [2.75, 3.05) is 7.11 Å². The summed E-state index contributed by atoms with van der Waals surface area (Å²) < 4.78 is 34.2. The first kappa shape index (κ1) is 14.2. The summed E-state index contributed by atoms with van der Waals surface area (Å²) >= 11 is 4.72. The molecule has 1 aliphatic heterocycles. The van der Waals surface area contributed by atoms with Gasteiger partial charge in [0.25, 0.3) is 0 Å². The summed E-state index contributed by atoms with van der Waals surface area (Å²) in [6, 6.07) is 1.76. The van der Waals surface area contributed by atoms with Crippen LogP contribution in [-0.4, -0.2) is 27.2 Å². The van der Waals surface area contributed by atoms with Crippen molar-refractivity contribution >= 4 is 49.2 Å². The molecule has 0 aliphatic carbocycles. The molecule has 0 fully saturated rings. The summed E-state index contributed by atoms with van der Waals surface area (Å²) in [5.74, 6) is -0.761. The molecule has 9 heteroatoms. The highest BCUT2D eigenvalue weighted by Crippen LogP contribution is 2.28. The maximum atomic E-state index is 11.6. The molecule has 2 heterocycles. The maximum Gasteiger partial charge on any atom is 0.355 e. The van der Waals surface area contributed by atoms with Crippen LogP contribution in [0.2, 0.25) is 0 Å². The molecular formula is C10H9BrN2O4S2. The van der Waals surface area contributed by atoms with Crippen molar-refractivity contribution in [3.63, 3.8) is 0 Å². The number of esters is 1. The molecule has 1 aromatic rings. The predicted molar refractivity (Wildman–Crippen MR) is 75.4 cm³/mol.